The molecule has 1 heterocycles. The Kier molecular flexibility index (Phi) is 5.66. The molecule has 2 aromatic carbocycles. The second kappa shape index (κ2) is 8.12. The fourth-order valence-corrected chi connectivity index (χ4v) is 3.09. The van der Waals surface area contributed by atoms with Crippen molar-refractivity contribution in [1.29, 1.82) is 0 Å². The Morgan fingerprint density at radius 3 is 2.48 bits per heavy atom. The van der Waals surface area contributed by atoms with Crippen LogP contribution in [0.2, 0.25) is 0 Å². The largest absolute Gasteiger partial charge is 0.369 e. The van der Waals surface area contributed by atoms with Gasteiger partial charge in [0.15, 0.2) is 0 Å². The van der Waals surface area contributed by atoms with Gasteiger partial charge in [-0.25, -0.2) is 4.39 Å². The summed E-state index contributed by atoms with van der Waals surface area (Å²) in [6.45, 7) is 5.81. The smallest absolute Gasteiger partial charge is 0.238 e. The average Bonchev–Trinajstić information content (AvgIpc) is 2.63. The molecule has 1 fully saturated rings. The minimum atomic E-state index is -0.216. The fourth-order valence-electron chi connectivity index (χ4n) is 3.09. The first kappa shape index (κ1) is 17.4. The van der Waals surface area contributed by atoms with Crippen LogP contribution in [0.5, 0.6) is 0 Å². The number of nitrogens with zero attached hydrogens (tertiary/aromatic N) is 2. The molecule has 1 amide bonds. The Balaban J connectivity index is 1.48. The van der Waals surface area contributed by atoms with E-state index in [1.54, 1.807) is 12.1 Å². The van der Waals surface area contributed by atoms with Crippen LogP contribution >= 0.6 is 0 Å². The lowest BCUT2D eigenvalue weighted by molar-refractivity contribution is -0.117. The molecule has 1 aliphatic heterocycles. The van der Waals surface area contributed by atoms with Gasteiger partial charge in [0.2, 0.25) is 5.91 Å². The van der Waals surface area contributed by atoms with Crippen LogP contribution in [-0.4, -0.2) is 43.5 Å². The van der Waals surface area contributed by atoms with E-state index in [2.05, 4.69) is 28.1 Å². The lowest BCUT2D eigenvalue weighted by Gasteiger charge is -2.35. The van der Waals surface area contributed by atoms with Gasteiger partial charge in [-0.15, -0.1) is 0 Å². The van der Waals surface area contributed by atoms with Crippen molar-refractivity contribution in [3.8, 4) is 0 Å². The number of anilines is 2. The maximum absolute atomic E-state index is 13.0. The van der Waals surface area contributed by atoms with Crippen molar-refractivity contribution in [3.63, 3.8) is 0 Å². The summed E-state index contributed by atoms with van der Waals surface area (Å²) in [5.74, 6) is -0.199. The molecule has 0 radical (unpaired) electrons. The van der Waals surface area contributed by atoms with Gasteiger partial charge >= 0.3 is 0 Å². The van der Waals surface area contributed by atoms with E-state index in [-0.39, 0.29) is 11.7 Å². The van der Waals surface area contributed by atoms with Crippen molar-refractivity contribution in [2.45, 2.75) is 13.3 Å². The summed E-state index contributed by atoms with van der Waals surface area (Å²) in [5, 5.41) is 2.98. The maximum atomic E-state index is 13.0. The second-order valence-electron chi connectivity index (χ2n) is 6.34. The number of aryl methyl sites for hydroxylation is 1. The number of carbonyl (C=O) groups is 1. The van der Waals surface area contributed by atoms with E-state index in [1.807, 2.05) is 18.2 Å². The first-order valence-corrected chi connectivity index (χ1v) is 8.75. The Morgan fingerprint density at radius 2 is 1.80 bits per heavy atom. The van der Waals surface area contributed by atoms with Gasteiger partial charge in [-0.3, -0.25) is 9.69 Å². The molecule has 0 aliphatic carbocycles. The number of nitrogens with one attached hydrogen (secondary N) is 1. The van der Waals surface area contributed by atoms with E-state index in [1.165, 1.54) is 17.7 Å². The Hall–Kier alpha value is -2.40. The number of hydrogen-bond acceptors (Lipinski definition) is 3. The molecule has 0 atom stereocenters. The molecule has 0 spiro atoms. The van der Waals surface area contributed by atoms with Gasteiger partial charge in [-0.1, -0.05) is 19.1 Å². The van der Waals surface area contributed by atoms with E-state index in [0.29, 0.717) is 6.54 Å². The molecule has 0 aromatic heterocycles. The summed E-state index contributed by atoms with van der Waals surface area (Å²) in [6.07, 6.45) is 0.953. The van der Waals surface area contributed by atoms with Gasteiger partial charge in [0.25, 0.3) is 0 Å². The van der Waals surface area contributed by atoms with Crippen molar-refractivity contribution >= 4 is 17.3 Å². The standard InChI is InChI=1S/C20H24FN3O/c1-2-16-4-3-5-18(14-16)22-20(25)15-23-10-12-24(13-11-23)19-8-6-17(21)7-9-19/h3-9,14H,2,10-13,15H2,1H3,(H,22,25). The Labute approximate surface area is 148 Å². The molecule has 2 aromatic rings. The predicted octanol–water partition coefficient (Wildman–Crippen LogP) is 3.15. The van der Waals surface area contributed by atoms with Crippen LogP contribution in [0.3, 0.4) is 0 Å². The number of benzene rings is 2. The van der Waals surface area contributed by atoms with Gasteiger partial charge in [-0.05, 0) is 48.4 Å². The van der Waals surface area contributed by atoms with Crippen molar-refractivity contribution in [1.82, 2.24) is 4.90 Å². The van der Waals surface area contributed by atoms with Crippen LogP contribution < -0.4 is 10.2 Å². The highest BCUT2D eigenvalue weighted by atomic mass is 19.1. The zero-order valence-electron chi connectivity index (χ0n) is 14.5. The normalized spacial score (nSPS) is 15.2. The van der Waals surface area contributed by atoms with Crippen LogP contribution in [0.15, 0.2) is 48.5 Å². The van der Waals surface area contributed by atoms with E-state index in [9.17, 15) is 9.18 Å². The van der Waals surface area contributed by atoms with Crippen molar-refractivity contribution in [2.24, 2.45) is 0 Å². The molecular formula is C20H24FN3O. The third kappa shape index (κ3) is 4.79. The third-order valence-electron chi connectivity index (χ3n) is 4.55. The maximum Gasteiger partial charge on any atom is 0.238 e. The van der Waals surface area contributed by atoms with Gasteiger partial charge < -0.3 is 10.2 Å². The number of carbonyl (C=O) groups excluding carboxylic acids is 1. The fraction of sp³-hybridized carbons (Fsp3) is 0.350. The molecule has 4 nitrogen and oxygen atoms in total. The van der Waals surface area contributed by atoms with Gasteiger partial charge in [0.05, 0.1) is 6.54 Å². The molecular weight excluding hydrogens is 317 g/mol. The number of piperazine rings is 1. The van der Waals surface area contributed by atoms with Crippen LogP contribution in [0.25, 0.3) is 0 Å². The van der Waals surface area contributed by atoms with Crippen LogP contribution in [0.4, 0.5) is 15.8 Å². The highest BCUT2D eigenvalue weighted by Crippen LogP contribution is 2.17. The first-order chi connectivity index (χ1) is 12.1. The van der Waals surface area contributed by atoms with Crippen LogP contribution in [0.1, 0.15) is 12.5 Å². The first-order valence-electron chi connectivity index (χ1n) is 8.75. The van der Waals surface area contributed by atoms with Crippen LogP contribution in [-0.2, 0) is 11.2 Å². The minimum Gasteiger partial charge on any atom is -0.369 e. The number of halogens is 1. The summed E-state index contributed by atoms with van der Waals surface area (Å²) in [4.78, 5) is 16.6. The molecule has 1 aliphatic rings. The SMILES string of the molecule is CCc1cccc(NC(=O)CN2CCN(c3ccc(F)cc3)CC2)c1. The molecule has 5 heteroatoms. The van der Waals surface area contributed by atoms with Crippen LogP contribution in [0, 0.1) is 5.82 Å². The van der Waals surface area contributed by atoms with Crippen molar-refractivity contribution < 1.29 is 9.18 Å². The number of rotatable bonds is 5. The molecule has 1 saturated heterocycles. The van der Waals surface area contributed by atoms with Gasteiger partial charge in [0.1, 0.15) is 5.82 Å². The van der Waals surface area contributed by atoms with Crippen molar-refractivity contribution in [2.75, 3.05) is 42.9 Å². The molecule has 25 heavy (non-hydrogen) atoms. The molecule has 0 saturated carbocycles. The van der Waals surface area contributed by atoms with E-state index < -0.39 is 0 Å². The zero-order chi connectivity index (χ0) is 17.6. The predicted molar refractivity (Wildman–Crippen MR) is 99.5 cm³/mol. The minimum absolute atomic E-state index is 0.0171. The summed E-state index contributed by atoms with van der Waals surface area (Å²) in [5.41, 5.74) is 3.10. The molecule has 3 rings (SSSR count). The second-order valence-corrected chi connectivity index (χ2v) is 6.34. The number of amides is 1. The Bertz CT molecular complexity index is 709. The quantitative estimate of drug-likeness (QED) is 0.907. The van der Waals surface area contributed by atoms with Crippen molar-refractivity contribution in [3.05, 3.63) is 59.9 Å². The molecule has 0 unspecified atom stereocenters. The van der Waals surface area contributed by atoms with Gasteiger partial charge in [0, 0.05) is 37.6 Å². The topological polar surface area (TPSA) is 35.6 Å². The highest BCUT2D eigenvalue weighted by Gasteiger charge is 2.19. The lowest BCUT2D eigenvalue weighted by atomic mass is 10.1. The molecule has 132 valence electrons. The lowest BCUT2D eigenvalue weighted by Crippen LogP contribution is -2.48. The molecule has 1 N–H and O–H groups in total. The molecule has 0 bridgehead atoms. The average molecular weight is 341 g/mol. The summed E-state index contributed by atoms with van der Waals surface area (Å²) in [7, 11) is 0. The third-order valence-corrected chi connectivity index (χ3v) is 4.55. The summed E-state index contributed by atoms with van der Waals surface area (Å²) >= 11 is 0. The number of hydrogen-bond donors (Lipinski definition) is 1. The van der Waals surface area contributed by atoms with E-state index in [4.69, 9.17) is 0 Å². The van der Waals surface area contributed by atoms with E-state index >= 15 is 0 Å². The summed E-state index contributed by atoms with van der Waals surface area (Å²) < 4.78 is 13.0. The Morgan fingerprint density at radius 1 is 1.08 bits per heavy atom. The van der Waals surface area contributed by atoms with Gasteiger partial charge in [-0.2, -0.15) is 0 Å². The van der Waals surface area contributed by atoms with E-state index in [0.717, 1.165) is 44.0 Å². The monoisotopic (exact) mass is 341 g/mol. The zero-order valence-corrected chi connectivity index (χ0v) is 14.5. The highest BCUT2D eigenvalue weighted by molar-refractivity contribution is 5.92. The summed E-state index contributed by atoms with van der Waals surface area (Å²) in [6, 6.07) is 14.5.